The fourth-order valence-corrected chi connectivity index (χ4v) is 3.83. The third-order valence-electron chi connectivity index (χ3n) is 5.06. The number of anilines is 1. The Labute approximate surface area is 179 Å². The summed E-state index contributed by atoms with van der Waals surface area (Å²) >= 11 is 0. The second-order valence-electron chi connectivity index (χ2n) is 7.75. The zero-order chi connectivity index (χ0) is 22.3. The number of ketones is 1. The highest BCUT2D eigenvalue weighted by Gasteiger charge is 2.16. The summed E-state index contributed by atoms with van der Waals surface area (Å²) < 4.78 is 37.0. The van der Waals surface area contributed by atoms with Gasteiger partial charge in [0.25, 0.3) is 0 Å². The number of sulfone groups is 1. The van der Waals surface area contributed by atoms with Gasteiger partial charge in [-0.25, -0.2) is 12.8 Å². The summed E-state index contributed by atoms with van der Waals surface area (Å²) in [6, 6.07) is 12.7. The number of nitrogens with one attached hydrogen (secondary N) is 1. The maximum absolute atomic E-state index is 14.6. The largest absolute Gasteiger partial charge is 0.378 e. The number of hydrogen-bond donors (Lipinski definition) is 1. The normalized spacial score (nSPS) is 13.9. The lowest BCUT2D eigenvalue weighted by Crippen LogP contribution is -2.12. The molecule has 6 heteroatoms. The van der Waals surface area contributed by atoms with Gasteiger partial charge in [-0.1, -0.05) is 44.2 Å². The number of hydrogen-bond acceptors (Lipinski definition) is 4. The first-order chi connectivity index (χ1) is 14.1. The van der Waals surface area contributed by atoms with Gasteiger partial charge in [0.15, 0.2) is 15.6 Å². The van der Waals surface area contributed by atoms with Gasteiger partial charge in [0.05, 0.1) is 11.6 Å². The smallest absolute Gasteiger partial charge is 0.168 e. The van der Waals surface area contributed by atoms with Crippen molar-refractivity contribution < 1.29 is 17.6 Å². The van der Waals surface area contributed by atoms with Crippen molar-refractivity contribution in [2.75, 3.05) is 11.6 Å². The van der Waals surface area contributed by atoms with Gasteiger partial charge in [0.2, 0.25) is 0 Å². The fourth-order valence-electron chi connectivity index (χ4n) is 3.28. The quantitative estimate of drug-likeness (QED) is 0.479. The van der Waals surface area contributed by atoms with E-state index in [1.165, 1.54) is 17.7 Å². The summed E-state index contributed by atoms with van der Waals surface area (Å²) in [6.07, 6.45) is 4.12. The molecule has 2 atom stereocenters. The van der Waals surface area contributed by atoms with Crippen LogP contribution in [0, 0.1) is 18.7 Å². The average molecular weight is 432 g/mol. The molecule has 0 aliphatic carbocycles. The third kappa shape index (κ3) is 7.10. The summed E-state index contributed by atoms with van der Waals surface area (Å²) in [5, 5.41) is 4.50. The van der Waals surface area contributed by atoms with Crippen molar-refractivity contribution in [2.24, 2.45) is 5.92 Å². The van der Waals surface area contributed by atoms with Crippen molar-refractivity contribution in [3.8, 4) is 0 Å². The van der Waals surface area contributed by atoms with E-state index >= 15 is 0 Å². The van der Waals surface area contributed by atoms with Crippen molar-refractivity contribution in [3.05, 3.63) is 76.5 Å². The molecule has 0 bridgehead atoms. The number of Topliss-reactive ketones (excluding diaryl/α,β-unsaturated/α-hetero) is 1. The van der Waals surface area contributed by atoms with Crippen LogP contribution in [0.25, 0.3) is 0 Å². The number of aryl methyl sites for hydroxylation is 1. The van der Waals surface area contributed by atoms with Crippen molar-refractivity contribution in [2.45, 2.75) is 46.1 Å². The van der Waals surface area contributed by atoms with Crippen molar-refractivity contribution in [3.63, 3.8) is 0 Å². The molecular weight excluding hydrogens is 401 g/mol. The van der Waals surface area contributed by atoms with E-state index in [1.54, 1.807) is 12.1 Å². The van der Waals surface area contributed by atoms with Crippen LogP contribution in [-0.4, -0.2) is 20.5 Å². The predicted octanol–water partition coefficient (Wildman–Crippen LogP) is 5.85. The summed E-state index contributed by atoms with van der Waals surface area (Å²) in [6.45, 7) is 5.95. The van der Waals surface area contributed by atoms with Crippen molar-refractivity contribution in [1.29, 1.82) is 0 Å². The second-order valence-corrected chi connectivity index (χ2v) is 9.68. The summed E-state index contributed by atoms with van der Waals surface area (Å²) in [4.78, 5) is 12.4. The highest BCUT2D eigenvalue weighted by Crippen LogP contribution is 2.26. The van der Waals surface area contributed by atoms with Crippen LogP contribution >= 0.6 is 0 Å². The minimum absolute atomic E-state index is 0.0506. The molecule has 0 unspecified atom stereocenters. The summed E-state index contributed by atoms with van der Waals surface area (Å²) in [5.41, 5.74) is 3.02. The molecule has 0 fully saturated rings. The third-order valence-corrected chi connectivity index (χ3v) is 5.72. The Balaban J connectivity index is 2.04. The fraction of sp³-hybridized carbons (Fsp3) is 0.375. The lowest BCUT2D eigenvalue weighted by Gasteiger charge is -2.21. The molecule has 0 heterocycles. The molecule has 4 nitrogen and oxygen atoms in total. The summed E-state index contributed by atoms with van der Waals surface area (Å²) in [7, 11) is -3.19. The Kier molecular flexibility index (Phi) is 8.35. The van der Waals surface area contributed by atoms with Gasteiger partial charge in [-0.2, -0.15) is 0 Å². The number of halogens is 1. The van der Waals surface area contributed by atoms with E-state index in [4.69, 9.17) is 0 Å². The molecule has 0 aromatic heterocycles. The van der Waals surface area contributed by atoms with Crippen LogP contribution in [0.4, 0.5) is 10.1 Å². The van der Waals surface area contributed by atoms with E-state index in [9.17, 15) is 17.6 Å². The standard InChI is InChI=1S/C24H30FNO3S/c1-5-23(20-9-7-6-8-18(20)3)26-19-11-12-21(22(25)16-19)24(27)13-10-17(2)14-15-30(4,28)29/h6-9,11-12,14-17,23,26H,5,10,13H2,1-4H3/b15-14+/t17-,23+/m0/s1. The Morgan fingerprint density at radius 1 is 1.20 bits per heavy atom. The lowest BCUT2D eigenvalue weighted by atomic mass is 9.98. The first-order valence-corrected chi connectivity index (χ1v) is 12.1. The molecule has 0 aliphatic heterocycles. The number of carbonyl (C=O) groups excluding carboxylic acids is 1. The number of carbonyl (C=O) groups is 1. The second kappa shape index (κ2) is 10.5. The van der Waals surface area contributed by atoms with Gasteiger partial charge in [0, 0.05) is 23.8 Å². The lowest BCUT2D eigenvalue weighted by molar-refractivity contribution is 0.0973. The van der Waals surface area contributed by atoms with E-state index in [-0.39, 0.29) is 29.7 Å². The molecule has 162 valence electrons. The van der Waals surface area contributed by atoms with Crippen molar-refractivity contribution in [1.82, 2.24) is 0 Å². The minimum atomic E-state index is -3.19. The number of allylic oxidation sites excluding steroid dienone is 1. The Morgan fingerprint density at radius 2 is 1.90 bits per heavy atom. The molecular formula is C24H30FNO3S. The Morgan fingerprint density at radius 3 is 2.50 bits per heavy atom. The summed E-state index contributed by atoms with van der Waals surface area (Å²) in [5.74, 6) is -0.930. The molecule has 30 heavy (non-hydrogen) atoms. The molecule has 1 N–H and O–H groups in total. The molecule has 2 aromatic rings. The molecule has 2 rings (SSSR count). The number of benzene rings is 2. The van der Waals surface area contributed by atoms with Crippen LogP contribution in [0.3, 0.4) is 0 Å². The predicted molar refractivity (Wildman–Crippen MR) is 121 cm³/mol. The maximum Gasteiger partial charge on any atom is 0.168 e. The van der Waals surface area contributed by atoms with Crippen LogP contribution < -0.4 is 5.32 Å². The zero-order valence-corrected chi connectivity index (χ0v) is 18.8. The van der Waals surface area contributed by atoms with Gasteiger partial charge in [-0.3, -0.25) is 4.79 Å². The van der Waals surface area contributed by atoms with Gasteiger partial charge >= 0.3 is 0 Å². The van der Waals surface area contributed by atoms with Crippen LogP contribution in [0.1, 0.15) is 60.6 Å². The Hall–Kier alpha value is -2.47. The molecule has 0 aliphatic rings. The van der Waals surface area contributed by atoms with Gasteiger partial charge in [-0.15, -0.1) is 0 Å². The van der Waals surface area contributed by atoms with E-state index in [0.29, 0.717) is 12.1 Å². The van der Waals surface area contributed by atoms with Gasteiger partial charge in [-0.05, 0) is 55.0 Å². The van der Waals surface area contributed by atoms with E-state index in [0.717, 1.165) is 23.6 Å². The molecule has 0 saturated carbocycles. The van der Waals surface area contributed by atoms with E-state index in [1.807, 2.05) is 32.0 Å². The van der Waals surface area contributed by atoms with Crippen LogP contribution in [0.2, 0.25) is 0 Å². The van der Waals surface area contributed by atoms with E-state index < -0.39 is 15.7 Å². The molecule has 0 radical (unpaired) electrons. The Bertz CT molecular complexity index is 1010. The zero-order valence-electron chi connectivity index (χ0n) is 18.0. The SMILES string of the molecule is CC[C@@H](Nc1ccc(C(=O)CC[C@H](C)/C=C/S(C)(=O)=O)c(F)c1)c1ccccc1C. The average Bonchev–Trinajstić information content (AvgIpc) is 2.69. The number of rotatable bonds is 10. The highest BCUT2D eigenvalue weighted by atomic mass is 32.2. The maximum atomic E-state index is 14.6. The minimum Gasteiger partial charge on any atom is -0.378 e. The highest BCUT2D eigenvalue weighted by molar-refractivity contribution is 7.93. The van der Waals surface area contributed by atoms with E-state index in [2.05, 4.69) is 18.3 Å². The topological polar surface area (TPSA) is 63.2 Å². The molecule has 0 saturated heterocycles. The van der Waals surface area contributed by atoms with Gasteiger partial charge < -0.3 is 5.32 Å². The van der Waals surface area contributed by atoms with Crippen LogP contribution in [0.15, 0.2) is 53.9 Å². The molecule has 2 aromatic carbocycles. The van der Waals surface area contributed by atoms with Crippen LogP contribution in [-0.2, 0) is 9.84 Å². The van der Waals surface area contributed by atoms with Crippen LogP contribution in [0.5, 0.6) is 0 Å². The molecule has 0 spiro atoms. The first kappa shape index (κ1) is 23.8. The van der Waals surface area contributed by atoms with Crippen molar-refractivity contribution >= 4 is 21.3 Å². The first-order valence-electron chi connectivity index (χ1n) is 10.1. The van der Waals surface area contributed by atoms with Gasteiger partial charge in [0.1, 0.15) is 5.82 Å². The monoisotopic (exact) mass is 431 g/mol. The molecule has 0 amide bonds.